The van der Waals surface area contributed by atoms with Crippen LogP contribution in [0.1, 0.15) is 45.8 Å². The second kappa shape index (κ2) is 14.6. The van der Waals surface area contributed by atoms with Gasteiger partial charge in [-0.15, -0.1) is 54.1 Å². The van der Waals surface area contributed by atoms with Crippen LogP contribution in [0.25, 0.3) is 44.6 Å². The molecule has 0 N–H and O–H groups in total. The number of aromatic nitrogens is 3. The monoisotopic (exact) mass is 772 g/mol. The van der Waals surface area contributed by atoms with Crippen molar-refractivity contribution in [2.24, 2.45) is 5.41 Å². The van der Waals surface area contributed by atoms with Gasteiger partial charge in [0.05, 0.1) is 5.58 Å². The molecule has 0 spiro atoms. The number of aryl methyl sites for hydroxylation is 2. The molecule has 45 heavy (non-hydrogen) atoms. The summed E-state index contributed by atoms with van der Waals surface area (Å²) < 4.78 is 57.9. The first-order valence-corrected chi connectivity index (χ1v) is 14.4. The Kier molecular flexibility index (Phi) is 8.03. The minimum atomic E-state index is -2.44. The minimum absolute atomic E-state index is 0. The van der Waals surface area contributed by atoms with Crippen LogP contribution >= 0.6 is 0 Å². The summed E-state index contributed by atoms with van der Waals surface area (Å²) in [6.45, 7) is 5.55. The molecule has 3 aromatic carbocycles. The van der Waals surface area contributed by atoms with Crippen LogP contribution in [0.15, 0.2) is 126 Å². The summed E-state index contributed by atoms with van der Waals surface area (Å²) in [7, 11) is 0. The van der Waals surface area contributed by atoms with E-state index in [2.05, 4.69) is 27.1 Å². The third kappa shape index (κ3) is 8.19. The molecular weight excluding hydrogens is 731 g/mol. The Hall–Kier alpha value is -4.44. The number of pyridine rings is 3. The van der Waals surface area contributed by atoms with Gasteiger partial charge < -0.3 is 14.4 Å². The van der Waals surface area contributed by atoms with Crippen molar-refractivity contribution in [2.75, 3.05) is 0 Å². The van der Waals surface area contributed by atoms with Gasteiger partial charge in [-0.25, -0.2) is 4.98 Å². The van der Waals surface area contributed by atoms with E-state index in [1.54, 1.807) is 67.0 Å². The van der Waals surface area contributed by atoms with Gasteiger partial charge in [0.1, 0.15) is 0 Å². The molecule has 0 saturated heterocycles. The fourth-order valence-electron chi connectivity index (χ4n) is 4.69. The molecular formula is C40H35IrN3O-2. The summed E-state index contributed by atoms with van der Waals surface area (Å²) in [5.41, 5.74) is 3.66. The van der Waals surface area contributed by atoms with Crippen molar-refractivity contribution in [1.82, 2.24) is 15.0 Å². The molecule has 0 aliphatic heterocycles. The predicted molar refractivity (Wildman–Crippen MR) is 179 cm³/mol. The van der Waals surface area contributed by atoms with Crippen molar-refractivity contribution >= 4 is 22.1 Å². The SMILES string of the molecule is [2H]C([2H])(c1ccnc(-c2[c-]ccc3c2oc2nc(C([2H])([2H])C([2H])([2H])c4ccccc4)ccc23)c1)C(C)(C)C.[Ir].[c-]1ccccc1-c1ccccn1. The van der Waals surface area contributed by atoms with Gasteiger partial charge in [-0.3, -0.25) is 0 Å². The summed E-state index contributed by atoms with van der Waals surface area (Å²) in [5.74, 6) is 0. The molecule has 5 heteroatoms. The van der Waals surface area contributed by atoms with E-state index in [0.717, 1.165) is 16.6 Å². The fourth-order valence-corrected chi connectivity index (χ4v) is 4.69. The molecule has 0 aliphatic carbocycles. The number of furan rings is 1. The molecule has 0 saturated carbocycles. The Balaban J connectivity index is 0.000000327. The Labute approximate surface area is 287 Å². The molecule has 7 aromatic rings. The molecule has 0 aliphatic rings. The molecule has 0 unspecified atom stereocenters. The standard InChI is InChI=1S/C29H27N2O.C11H8N.Ir/c1-29(2,3)19-21-16-17-30-26(18-21)25-11-7-10-23-24-15-14-22(31-28(24)32-27(23)25)13-12-20-8-5-4-6-9-20;1-2-6-10(7-3-1)11-8-4-5-9-12-11;/h4-10,14-18H,12-13,19H2,1-3H3;1-6,8-9H;/q2*-1;/i12D2,13D2,19D2;;. The van der Waals surface area contributed by atoms with Gasteiger partial charge in [-0.1, -0.05) is 85.8 Å². The van der Waals surface area contributed by atoms with Gasteiger partial charge in [-0.05, 0) is 65.8 Å². The van der Waals surface area contributed by atoms with Gasteiger partial charge in [-0.2, -0.15) is 0 Å². The average molecular weight is 772 g/mol. The van der Waals surface area contributed by atoms with Crippen molar-refractivity contribution in [1.29, 1.82) is 0 Å². The van der Waals surface area contributed by atoms with Crippen molar-refractivity contribution < 1.29 is 32.7 Å². The van der Waals surface area contributed by atoms with Crippen LogP contribution in [0.4, 0.5) is 0 Å². The normalized spacial score (nSPS) is 14.0. The topological polar surface area (TPSA) is 51.8 Å². The maximum Gasteiger partial charge on any atom is 0.216 e. The number of hydrogen-bond acceptors (Lipinski definition) is 4. The van der Waals surface area contributed by atoms with Gasteiger partial charge in [0.25, 0.3) is 0 Å². The van der Waals surface area contributed by atoms with Crippen LogP contribution in [-0.2, 0) is 39.2 Å². The zero-order valence-electron chi connectivity index (χ0n) is 31.1. The van der Waals surface area contributed by atoms with E-state index in [1.165, 1.54) is 6.07 Å². The van der Waals surface area contributed by atoms with E-state index in [1.807, 2.05) is 69.3 Å². The van der Waals surface area contributed by atoms with E-state index in [9.17, 15) is 0 Å². The molecule has 0 amide bonds. The zero-order valence-corrected chi connectivity index (χ0v) is 27.5. The minimum Gasteiger partial charge on any atom is -0.486 e. The maximum atomic E-state index is 8.66. The van der Waals surface area contributed by atoms with Crippen molar-refractivity contribution in [3.05, 3.63) is 151 Å². The quantitative estimate of drug-likeness (QED) is 0.158. The molecule has 1 radical (unpaired) electrons. The second-order valence-corrected chi connectivity index (χ2v) is 11.2. The van der Waals surface area contributed by atoms with Crippen molar-refractivity contribution in [2.45, 2.75) is 39.9 Å². The number of rotatable bonds is 6. The van der Waals surface area contributed by atoms with E-state index in [4.69, 9.17) is 12.6 Å². The summed E-state index contributed by atoms with van der Waals surface area (Å²) >= 11 is 0. The molecule has 0 bridgehead atoms. The van der Waals surface area contributed by atoms with E-state index < -0.39 is 24.5 Å². The molecule has 0 fully saturated rings. The first kappa shape index (κ1) is 24.8. The van der Waals surface area contributed by atoms with Crippen LogP contribution in [0, 0.1) is 17.5 Å². The summed E-state index contributed by atoms with van der Waals surface area (Å²) in [4.78, 5) is 13.1. The third-order valence-corrected chi connectivity index (χ3v) is 6.59. The van der Waals surface area contributed by atoms with Crippen LogP contribution < -0.4 is 0 Å². The van der Waals surface area contributed by atoms with Crippen LogP contribution in [0.5, 0.6) is 0 Å². The predicted octanol–water partition coefficient (Wildman–Crippen LogP) is 9.76. The number of hydrogen-bond donors (Lipinski definition) is 0. The summed E-state index contributed by atoms with van der Waals surface area (Å²) in [6.07, 6.45) is -3.02. The fraction of sp³-hybridized carbons (Fsp3) is 0.175. The van der Waals surface area contributed by atoms with E-state index >= 15 is 0 Å². The Morgan fingerprint density at radius 1 is 0.711 bits per heavy atom. The van der Waals surface area contributed by atoms with Crippen LogP contribution in [0.3, 0.4) is 0 Å². The molecule has 4 nitrogen and oxygen atoms in total. The molecule has 4 aromatic heterocycles. The maximum absolute atomic E-state index is 8.66. The molecule has 227 valence electrons. The Morgan fingerprint density at radius 3 is 2.27 bits per heavy atom. The van der Waals surface area contributed by atoms with E-state index in [-0.39, 0.29) is 37.1 Å². The molecule has 4 heterocycles. The Morgan fingerprint density at radius 2 is 1.51 bits per heavy atom. The van der Waals surface area contributed by atoms with E-state index in [0.29, 0.717) is 27.8 Å². The molecule has 7 rings (SSSR count). The first-order chi connectivity index (χ1) is 23.7. The largest absolute Gasteiger partial charge is 0.486 e. The second-order valence-electron chi connectivity index (χ2n) is 11.2. The number of fused-ring (bicyclic) bond motifs is 3. The summed E-state index contributed by atoms with van der Waals surface area (Å²) in [5, 5.41) is 1.38. The van der Waals surface area contributed by atoms with Gasteiger partial charge in [0.15, 0.2) is 0 Å². The van der Waals surface area contributed by atoms with Crippen molar-refractivity contribution in [3.8, 4) is 22.5 Å². The average Bonchev–Trinajstić information content (AvgIpc) is 3.51. The smallest absolute Gasteiger partial charge is 0.216 e. The van der Waals surface area contributed by atoms with Gasteiger partial charge >= 0.3 is 0 Å². The number of benzene rings is 3. The zero-order chi connectivity index (χ0) is 35.7. The van der Waals surface area contributed by atoms with Gasteiger partial charge in [0.2, 0.25) is 5.71 Å². The third-order valence-electron chi connectivity index (χ3n) is 6.59. The van der Waals surface area contributed by atoms with Crippen LogP contribution in [0.2, 0.25) is 0 Å². The van der Waals surface area contributed by atoms with Crippen LogP contribution in [-0.4, -0.2) is 15.0 Å². The summed E-state index contributed by atoms with van der Waals surface area (Å²) in [6, 6.07) is 38.3. The van der Waals surface area contributed by atoms with Crippen molar-refractivity contribution in [3.63, 3.8) is 0 Å². The first-order valence-electron chi connectivity index (χ1n) is 17.4. The molecule has 0 atom stereocenters. The number of nitrogens with zero attached hydrogens (tertiary/aromatic N) is 3. The van der Waals surface area contributed by atoms with Gasteiger partial charge in [0, 0.05) is 51.8 Å². The Bertz CT molecular complexity index is 2200.